The Morgan fingerprint density at radius 2 is 2.10 bits per heavy atom. The Kier molecular flexibility index (Phi) is 3.74. The summed E-state index contributed by atoms with van der Waals surface area (Å²) >= 11 is 0. The number of carboxylic acids is 1. The van der Waals surface area contributed by atoms with Gasteiger partial charge >= 0.3 is 5.97 Å². The molecule has 0 radical (unpaired) electrons. The van der Waals surface area contributed by atoms with Crippen LogP contribution in [0.4, 0.5) is 5.69 Å². The predicted octanol–water partition coefficient (Wildman–Crippen LogP) is 0.792. The van der Waals surface area contributed by atoms with Crippen molar-refractivity contribution in [2.75, 3.05) is 18.5 Å². The van der Waals surface area contributed by atoms with Crippen LogP contribution >= 0.6 is 0 Å². The number of carbonyl (C=O) groups is 3. The molecule has 0 bridgehead atoms. The van der Waals surface area contributed by atoms with Crippen LogP contribution in [0.25, 0.3) is 0 Å². The van der Waals surface area contributed by atoms with Gasteiger partial charge in [0.1, 0.15) is 0 Å². The molecular weight excluding hydrogens is 260 g/mol. The molecule has 20 heavy (non-hydrogen) atoms. The van der Waals surface area contributed by atoms with Crippen molar-refractivity contribution in [3.8, 4) is 0 Å². The quantitative estimate of drug-likeness (QED) is 0.854. The molecule has 1 aliphatic rings. The van der Waals surface area contributed by atoms with E-state index in [9.17, 15) is 14.4 Å². The molecule has 1 atom stereocenters. The van der Waals surface area contributed by atoms with E-state index in [1.54, 1.807) is 32.2 Å². The number of benzene rings is 1. The van der Waals surface area contributed by atoms with Crippen molar-refractivity contribution in [2.24, 2.45) is 5.92 Å². The zero-order chi connectivity index (χ0) is 14.9. The summed E-state index contributed by atoms with van der Waals surface area (Å²) in [7, 11) is 1.55. The van der Waals surface area contributed by atoms with E-state index in [1.807, 2.05) is 0 Å². The third-order valence-corrected chi connectivity index (χ3v) is 3.45. The van der Waals surface area contributed by atoms with Crippen LogP contribution in [0.1, 0.15) is 22.3 Å². The third-order valence-electron chi connectivity index (χ3n) is 3.45. The number of nitrogens with zero attached hydrogens (tertiary/aromatic N) is 1. The van der Waals surface area contributed by atoms with Crippen molar-refractivity contribution in [1.29, 1.82) is 0 Å². The number of amides is 2. The summed E-state index contributed by atoms with van der Waals surface area (Å²) in [6.45, 7) is 1.97. The molecule has 0 saturated carbocycles. The van der Waals surface area contributed by atoms with Crippen molar-refractivity contribution in [2.45, 2.75) is 13.3 Å². The third kappa shape index (κ3) is 2.49. The average Bonchev–Trinajstić information content (AvgIpc) is 2.80. The average molecular weight is 276 g/mol. The monoisotopic (exact) mass is 276 g/mol. The fraction of sp³-hybridized carbons (Fsp3) is 0.357. The summed E-state index contributed by atoms with van der Waals surface area (Å²) in [5.41, 5.74) is 1.94. The second kappa shape index (κ2) is 5.32. The van der Waals surface area contributed by atoms with Gasteiger partial charge in [0.25, 0.3) is 5.91 Å². The van der Waals surface area contributed by atoms with Crippen molar-refractivity contribution < 1.29 is 19.5 Å². The maximum atomic E-state index is 11.9. The van der Waals surface area contributed by atoms with E-state index >= 15 is 0 Å². The van der Waals surface area contributed by atoms with Gasteiger partial charge in [-0.25, -0.2) is 0 Å². The van der Waals surface area contributed by atoms with E-state index in [4.69, 9.17) is 5.11 Å². The highest BCUT2D eigenvalue weighted by Crippen LogP contribution is 2.28. The van der Waals surface area contributed by atoms with E-state index in [0.717, 1.165) is 5.56 Å². The molecule has 106 valence electrons. The van der Waals surface area contributed by atoms with Crippen LogP contribution in [0.2, 0.25) is 0 Å². The van der Waals surface area contributed by atoms with Crippen LogP contribution < -0.4 is 10.2 Å². The Labute approximate surface area is 116 Å². The number of carbonyl (C=O) groups excluding carboxylic acids is 2. The maximum Gasteiger partial charge on any atom is 0.308 e. The summed E-state index contributed by atoms with van der Waals surface area (Å²) in [4.78, 5) is 35.9. The van der Waals surface area contributed by atoms with Crippen LogP contribution in [0.15, 0.2) is 18.2 Å². The van der Waals surface area contributed by atoms with Gasteiger partial charge in [0.15, 0.2) is 0 Å². The Hall–Kier alpha value is -2.37. The van der Waals surface area contributed by atoms with Gasteiger partial charge < -0.3 is 15.3 Å². The lowest BCUT2D eigenvalue weighted by Crippen LogP contribution is -2.27. The van der Waals surface area contributed by atoms with E-state index in [-0.39, 0.29) is 24.8 Å². The lowest BCUT2D eigenvalue weighted by molar-refractivity contribution is -0.141. The summed E-state index contributed by atoms with van der Waals surface area (Å²) in [5.74, 6) is -2.02. The zero-order valence-corrected chi connectivity index (χ0v) is 11.3. The topological polar surface area (TPSA) is 86.7 Å². The Morgan fingerprint density at radius 1 is 1.40 bits per heavy atom. The lowest BCUT2D eigenvalue weighted by atomic mass is 10.1. The molecule has 1 aromatic rings. The first-order valence-electron chi connectivity index (χ1n) is 6.30. The number of anilines is 1. The second-order valence-corrected chi connectivity index (χ2v) is 4.82. The molecule has 1 unspecified atom stereocenters. The number of nitrogens with one attached hydrogen (secondary N) is 1. The van der Waals surface area contributed by atoms with Crippen LogP contribution in [0.3, 0.4) is 0 Å². The molecule has 1 aromatic carbocycles. The van der Waals surface area contributed by atoms with Crippen LogP contribution in [0, 0.1) is 12.8 Å². The summed E-state index contributed by atoms with van der Waals surface area (Å²) in [5, 5.41) is 11.5. The van der Waals surface area contributed by atoms with E-state index < -0.39 is 11.9 Å². The molecular formula is C14H16N2O4. The molecule has 2 amide bonds. The highest BCUT2D eigenvalue weighted by Gasteiger charge is 2.35. The van der Waals surface area contributed by atoms with Gasteiger partial charge in [-0.1, -0.05) is 0 Å². The van der Waals surface area contributed by atoms with Gasteiger partial charge in [0.2, 0.25) is 5.91 Å². The number of hydrogen-bond donors (Lipinski definition) is 2. The van der Waals surface area contributed by atoms with E-state index in [0.29, 0.717) is 11.3 Å². The van der Waals surface area contributed by atoms with Gasteiger partial charge in [0.05, 0.1) is 5.92 Å². The highest BCUT2D eigenvalue weighted by atomic mass is 16.4. The number of carboxylic acid groups (broad SMARTS) is 1. The Bertz CT molecular complexity index is 583. The molecule has 2 N–H and O–H groups in total. The SMILES string of the molecule is CNC(=O)c1ccc(N2CC(C(=O)O)CC2=O)c(C)c1. The molecule has 0 spiro atoms. The van der Waals surface area contributed by atoms with Crippen molar-refractivity contribution in [3.63, 3.8) is 0 Å². The summed E-state index contributed by atoms with van der Waals surface area (Å²) in [6.07, 6.45) is 0.0198. The number of aryl methyl sites for hydroxylation is 1. The zero-order valence-electron chi connectivity index (χ0n) is 11.3. The highest BCUT2D eigenvalue weighted by molar-refractivity contribution is 6.01. The van der Waals surface area contributed by atoms with Crippen LogP contribution in [-0.4, -0.2) is 36.5 Å². The van der Waals surface area contributed by atoms with E-state index in [2.05, 4.69) is 5.32 Å². The summed E-state index contributed by atoms with van der Waals surface area (Å²) in [6, 6.07) is 5.00. The predicted molar refractivity (Wildman–Crippen MR) is 72.7 cm³/mol. The standard InChI is InChI=1S/C14H16N2O4/c1-8-5-9(13(18)15-2)3-4-11(8)16-7-10(14(19)20)6-12(16)17/h3-5,10H,6-7H2,1-2H3,(H,15,18)(H,19,20). The lowest BCUT2D eigenvalue weighted by Gasteiger charge is -2.19. The number of aliphatic carboxylic acids is 1. The second-order valence-electron chi connectivity index (χ2n) is 4.82. The first kappa shape index (κ1) is 14.0. The number of rotatable bonds is 3. The summed E-state index contributed by atoms with van der Waals surface area (Å²) < 4.78 is 0. The first-order chi connectivity index (χ1) is 9.43. The molecule has 1 fully saturated rings. The molecule has 2 rings (SSSR count). The van der Waals surface area contributed by atoms with Crippen LogP contribution in [0.5, 0.6) is 0 Å². The number of hydrogen-bond acceptors (Lipinski definition) is 3. The van der Waals surface area contributed by atoms with Crippen molar-refractivity contribution in [1.82, 2.24) is 5.32 Å². The van der Waals surface area contributed by atoms with Gasteiger partial charge in [-0.3, -0.25) is 14.4 Å². The molecule has 6 heteroatoms. The molecule has 6 nitrogen and oxygen atoms in total. The minimum Gasteiger partial charge on any atom is -0.481 e. The normalized spacial score (nSPS) is 18.2. The Balaban J connectivity index is 2.28. The molecule has 0 aromatic heterocycles. The van der Waals surface area contributed by atoms with Gasteiger partial charge in [-0.05, 0) is 30.7 Å². The molecule has 1 saturated heterocycles. The molecule has 1 aliphatic heterocycles. The van der Waals surface area contributed by atoms with Gasteiger partial charge in [-0.15, -0.1) is 0 Å². The van der Waals surface area contributed by atoms with Crippen molar-refractivity contribution in [3.05, 3.63) is 29.3 Å². The fourth-order valence-corrected chi connectivity index (χ4v) is 2.35. The maximum absolute atomic E-state index is 11.9. The van der Waals surface area contributed by atoms with E-state index in [1.165, 1.54) is 4.90 Å². The first-order valence-corrected chi connectivity index (χ1v) is 6.30. The fourth-order valence-electron chi connectivity index (χ4n) is 2.35. The minimum atomic E-state index is -0.958. The largest absolute Gasteiger partial charge is 0.481 e. The van der Waals surface area contributed by atoms with Gasteiger partial charge in [0, 0.05) is 31.3 Å². The molecule has 0 aliphatic carbocycles. The minimum absolute atomic E-state index is 0.0198. The van der Waals surface area contributed by atoms with Gasteiger partial charge in [-0.2, -0.15) is 0 Å². The smallest absolute Gasteiger partial charge is 0.308 e. The van der Waals surface area contributed by atoms with Crippen molar-refractivity contribution >= 4 is 23.5 Å². The van der Waals surface area contributed by atoms with Crippen LogP contribution in [-0.2, 0) is 9.59 Å². The Morgan fingerprint density at radius 3 is 2.60 bits per heavy atom. The molecule has 1 heterocycles.